The molecular weight excluding hydrogens is 232 g/mol. The van der Waals surface area contributed by atoms with Gasteiger partial charge >= 0.3 is 0 Å². The van der Waals surface area contributed by atoms with Crippen molar-refractivity contribution in [1.29, 1.82) is 0 Å². The first kappa shape index (κ1) is 16.2. The molecular formula is C17H30N2. The lowest BCUT2D eigenvalue weighted by atomic mass is 9.97. The SMILES string of the molecule is Cc1ccc(C(C)C)cc1CN(C)CCC(C)CN. The highest BCUT2D eigenvalue weighted by molar-refractivity contribution is 5.32. The Hall–Kier alpha value is -0.860. The highest BCUT2D eigenvalue weighted by Crippen LogP contribution is 2.19. The van der Waals surface area contributed by atoms with Crippen LogP contribution in [-0.4, -0.2) is 25.0 Å². The van der Waals surface area contributed by atoms with Crippen molar-refractivity contribution < 1.29 is 0 Å². The summed E-state index contributed by atoms with van der Waals surface area (Å²) in [7, 11) is 2.20. The molecule has 0 bridgehead atoms. The number of benzene rings is 1. The monoisotopic (exact) mass is 262 g/mol. The van der Waals surface area contributed by atoms with E-state index < -0.39 is 0 Å². The van der Waals surface area contributed by atoms with E-state index in [1.807, 2.05) is 0 Å². The van der Waals surface area contributed by atoms with Crippen molar-refractivity contribution in [3.05, 3.63) is 34.9 Å². The summed E-state index contributed by atoms with van der Waals surface area (Å²) >= 11 is 0. The first-order valence-electron chi connectivity index (χ1n) is 7.42. The molecule has 108 valence electrons. The Kier molecular flexibility index (Phi) is 6.53. The van der Waals surface area contributed by atoms with E-state index in [9.17, 15) is 0 Å². The van der Waals surface area contributed by atoms with Crippen LogP contribution in [0.1, 0.15) is 49.8 Å². The average Bonchev–Trinajstić information content (AvgIpc) is 2.38. The summed E-state index contributed by atoms with van der Waals surface area (Å²) in [6, 6.07) is 6.86. The summed E-state index contributed by atoms with van der Waals surface area (Å²) in [5, 5.41) is 0. The maximum absolute atomic E-state index is 5.67. The summed E-state index contributed by atoms with van der Waals surface area (Å²) in [5.74, 6) is 1.22. The molecule has 2 heteroatoms. The van der Waals surface area contributed by atoms with Crippen LogP contribution in [0.25, 0.3) is 0 Å². The Bertz CT molecular complexity index is 385. The number of hydrogen-bond acceptors (Lipinski definition) is 2. The molecule has 1 unspecified atom stereocenters. The van der Waals surface area contributed by atoms with Gasteiger partial charge in [0.1, 0.15) is 0 Å². The van der Waals surface area contributed by atoms with Gasteiger partial charge in [0.25, 0.3) is 0 Å². The molecule has 2 nitrogen and oxygen atoms in total. The number of hydrogen-bond donors (Lipinski definition) is 1. The fraction of sp³-hybridized carbons (Fsp3) is 0.647. The van der Waals surface area contributed by atoms with E-state index in [2.05, 4.69) is 57.8 Å². The molecule has 0 aliphatic carbocycles. The van der Waals surface area contributed by atoms with E-state index in [4.69, 9.17) is 5.73 Å². The van der Waals surface area contributed by atoms with Crippen molar-refractivity contribution in [3.63, 3.8) is 0 Å². The molecule has 2 N–H and O–H groups in total. The summed E-state index contributed by atoms with van der Waals surface area (Å²) in [6.45, 7) is 11.9. The molecule has 0 aliphatic rings. The Morgan fingerprint density at radius 1 is 1.21 bits per heavy atom. The predicted octanol–water partition coefficient (Wildman–Crippen LogP) is 3.54. The maximum Gasteiger partial charge on any atom is 0.0233 e. The minimum Gasteiger partial charge on any atom is -0.330 e. The predicted molar refractivity (Wildman–Crippen MR) is 84.4 cm³/mol. The van der Waals surface area contributed by atoms with Crippen molar-refractivity contribution in [1.82, 2.24) is 4.90 Å². The Morgan fingerprint density at radius 3 is 2.47 bits per heavy atom. The van der Waals surface area contributed by atoms with Gasteiger partial charge in [-0.3, -0.25) is 0 Å². The smallest absolute Gasteiger partial charge is 0.0233 e. The average molecular weight is 262 g/mol. The third-order valence-corrected chi connectivity index (χ3v) is 3.89. The highest BCUT2D eigenvalue weighted by atomic mass is 15.1. The molecule has 1 aromatic rings. The van der Waals surface area contributed by atoms with Crippen LogP contribution in [0.3, 0.4) is 0 Å². The lowest BCUT2D eigenvalue weighted by Crippen LogP contribution is -2.23. The van der Waals surface area contributed by atoms with E-state index >= 15 is 0 Å². The molecule has 0 amide bonds. The topological polar surface area (TPSA) is 29.3 Å². The van der Waals surface area contributed by atoms with E-state index in [-0.39, 0.29) is 0 Å². The largest absolute Gasteiger partial charge is 0.330 e. The van der Waals surface area contributed by atoms with Crippen molar-refractivity contribution in [2.24, 2.45) is 11.7 Å². The van der Waals surface area contributed by atoms with Gasteiger partial charge in [-0.2, -0.15) is 0 Å². The van der Waals surface area contributed by atoms with Crippen molar-refractivity contribution in [2.75, 3.05) is 20.1 Å². The van der Waals surface area contributed by atoms with Crippen molar-refractivity contribution >= 4 is 0 Å². The zero-order valence-electron chi connectivity index (χ0n) is 13.2. The fourth-order valence-electron chi connectivity index (χ4n) is 2.15. The minimum absolute atomic E-state index is 0.599. The first-order valence-corrected chi connectivity index (χ1v) is 7.42. The van der Waals surface area contributed by atoms with Gasteiger partial charge in [0, 0.05) is 6.54 Å². The lowest BCUT2D eigenvalue weighted by Gasteiger charge is -2.20. The van der Waals surface area contributed by atoms with Gasteiger partial charge in [-0.1, -0.05) is 39.0 Å². The molecule has 19 heavy (non-hydrogen) atoms. The zero-order valence-corrected chi connectivity index (χ0v) is 13.2. The van der Waals surface area contributed by atoms with Crippen LogP contribution in [0.15, 0.2) is 18.2 Å². The molecule has 0 spiro atoms. The van der Waals surface area contributed by atoms with Crippen molar-refractivity contribution in [2.45, 2.75) is 46.6 Å². The number of nitrogens with zero attached hydrogens (tertiary/aromatic N) is 1. The molecule has 0 saturated heterocycles. The number of rotatable bonds is 7. The van der Waals surface area contributed by atoms with Gasteiger partial charge < -0.3 is 10.6 Å². The summed E-state index contributed by atoms with van der Waals surface area (Å²) in [6.07, 6.45) is 1.18. The molecule has 0 radical (unpaired) electrons. The van der Waals surface area contributed by atoms with Gasteiger partial charge in [-0.25, -0.2) is 0 Å². The molecule has 0 fully saturated rings. The van der Waals surface area contributed by atoms with E-state index in [1.165, 1.54) is 23.1 Å². The van der Waals surface area contributed by atoms with Crippen LogP contribution in [-0.2, 0) is 6.54 Å². The van der Waals surface area contributed by atoms with E-state index in [1.54, 1.807) is 0 Å². The Morgan fingerprint density at radius 2 is 1.89 bits per heavy atom. The second-order valence-corrected chi connectivity index (χ2v) is 6.21. The van der Waals surface area contributed by atoms with E-state index in [0.717, 1.165) is 19.6 Å². The number of aryl methyl sites for hydroxylation is 1. The number of nitrogens with two attached hydrogens (primary N) is 1. The summed E-state index contributed by atoms with van der Waals surface area (Å²) < 4.78 is 0. The fourth-order valence-corrected chi connectivity index (χ4v) is 2.15. The van der Waals surface area contributed by atoms with Gasteiger partial charge in [-0.15, -0.1) is 0 Å². The van der Waals surface area contributed by atoms with Gasteiger partial charge in [-0.05, 0) is 62.0 Å². The standard InChI is InChI=1S/C17H30N2/c1-13(2)16-7-6-15(4)17(10-16)12-19(5)9-8-14(3)11-18/h6-7,10,13-14H,8-9,11-12,18H2,1-5H3. The molecule has 0 heterocycles. The Balaban J connectivity index is 2.62. The van der Waals surface area contributed by atoms with Gasteiger partial charge in [0.15, 0.2) is 0 Å². The normalized spacial score (nSPS) is 13.3. The van der Waals surface area contributed by atoms with Crippen molar-refractivity contribution in [3.8, 4) is 0 Å². The first-order chi connectivity index (χ1) is 8.93. The third-order valence-electron chi connectivity index (χ3n) is 3.89. The van der Waals surface area contributed by atoms with Crippen LogP contribution in [0.2, 0.25) is 0 Å². The molecule has 0 aliphatic heterocycles. The molecule has 1 atom stereocenters. The second-order valence-electron chi connectivity index (χ2n) is 6.21. The van der Waals surface area contributed by atoms with Crippen LogP contribution in [0.5, 0.6) is 0 Å². The second kappa shape index (κ2) is 7.66. The third kappa shape index (κ3) is 5.33. The molecule has 1 aromatic carbocycles. The van der Waals surface area contributed by atoms with Crippen LogP contribution in [0, 0.1) is 12.8 Å². The Labute approximate surface area is 119 Å². The lowest BCUT2D eigenvalue weighted by molar-refractivity contribution is 0.299. The van der Waals surface area contributed by atoms with Crippen LogP contribution in [0.4, 0.5) is 0 Å². The van der Waals surface area contributed by atoms with Crippen LogP contribution < -0.4 is 5.73 Å². The molecule has 0 saturated carbocycles. The van der Waals surface area contributed by atoms with Crippen LogP contribution >= 0.6 is 0 Å². The quantitative estimate of drug-likeness (QED) is 0.814. The molecule has 1 rings (SSSR count). The maximum atomic E-state index is 5.67. The highest BCUT2D eigenvalue weighted by Gasteiger charge is 2.08. The van der Waals surface area contributed by atoms with Gasteiger partial charge in [0.2, 0.25) is 0 Å². The zero-order chi connectivity index (χ0) is 14.4. The minimum atomic E-state index is 0.599. The summed E-state index contributed by atoms with van der Waals surface area (Å²) in [5.41, 5.74) is 9.95. The van der Waals surface area contributed by atoms with Gasteiger partial charge in [0.05, 0.1) is 0 Å². The van der Waals surface area contributed by atoms with E-state index in [0.29, 0.717) is 11.8 Å². The molecule has 0 aromatic heterocycles. The summed E-state index contributed by atoms with van der Waals surface area (Å²) in [4.78, 5) is 2.40.